The highest BCUT2D eigenvalue weighted by molar-refractivity contribution is 5.87. The maximum atomic E-state index is 2.42. The van der Waals surface area contributed by atoms with Crippen molar-refractivity contribution in [1.29, 1.82) is 0 Å². The van der Waals surface area contributed by atoms with E-state index in [4.69, 9.17) is 0 Å². The Morgan fingerprint density at radius 2 is 0.860 bits per heavy atom. The number of benzene rings is 6. The summed E-state index contributed by atoms with van der Waals surface area (Å²) < 4.78 is 0. The molecule has 6 aromatic rings. The number of hydrogen-bond acceptors (Lipinski definition) is 1. The van der Waals surface area contributed by atoms with E-state index in [-0.39, 0.29) is 10.8 Å². The molecule has 0 aliphatic heterocycles. The van der Waals surface area contributed by atoms with Crippen LogP contribution in [-0.4, -0.2) is 0 Å². The van der Waals surface area contributed by atoms with Crippen LogP contribution in [0.25, 0.3) is 33.4 Å². The molecule has 0 atom stereocenters. The molecule has 0 spiro atoms. The van der Waals surface area contributed by atoms with E-state index in [1.54, 1.807) is 0 Å². The predicted octanol–water partition coefficient (Wildman–Crippen LogP) is 11.7. The van der Waals surface area contributed by atoms with E-state index in [2.05, 4.69) is 184 Å². The SMILES string of the molecule is CC1(C)c2ccccc2-c2cccc(-c3cccc(N(c4ccccc4)c4cccc(-c5ccccc5)c4)c3)c2C1(C)C. The standard InChI is InChI=1S/C42H37N/c1-41(2)39-27-12-11-24-37(39)38-26-15-25-36(40(38)42(41,3)4)32-19-14-23-35(29-32)43(33-20-9-6-10-21-33)34-22-13-18-31(28-34)30-16-7-5-8-17-30/h5-29H,1-4H3. The third-order valence-corrected chi connectivity index (χ3v) is 9.78. The minimum atomic E-state index is -0.0770. The number of hydrogen-bond donors (Lipinski definition) is 0. The van der Waals surface area contributed by atoms with Crippen LogP contribution in [-0.2, 0) is 10.8 Å². The van der Waals surface area contributed by atoms with Gasteiger partial charge in [0.25, 0.3) is 0 Å². The van der Waals surface area contributed by atoms with E-state index < -0.39 is 0 Å². The Bertz CT molecular complexity index is 1910. The molecular formula is C42H37N. The highest BCUT2D eigenvalue weighted by atomic mass is 15.1. The van der Waals surface area contributed by atoms with Crippen LogP contribution >= 0.6 is 0 Å². The molecule has 43 heavy (non-hydrogen) atoms. The molecule has 1 aliphatic rings. The first kappa shape index (κ1) is 27.0. The molecule has 210 valence electrons. The minimum Gasteiger partial charge on any atom is -0.310 e. The van der Waals surface area contributed by atoms with Gasteiger partial charge in [0.2, 0.25) is 0 Å². The molecule has 0 aromatic heterocycles. The average molecular weight is 556 g/mol. The zero-order valence-corrected chi connectivity index (χ0v) is 25.4. The average Bonchev–Trinajstić information content (AvgIpc) is 3.05. The van der Waals surface area contributed by atoms with E-state index in [1.165, 1.54) is 44.5 Å². The summed E-state index contributed by atoms with van der Waals surface area (Å²) in [5, 5.41) is 0. The van der Waals surface area contributed by atoms with Crippen molar-refractivity contribution in [3.8, 4) is 33.4 Å². The molecule has 6 aromatic carbocycles. The Balaban J connectivity index is 1.41. The molecule has 0 saturated carbocycles. The number of nitrogens with zero attached hydrogens (tertiary/aromatic N) is 1. The van der Waals surface area contributed by atoms with E-state index in [9.17, 15) is 0 Å². The van der Waals surface area contributed by atoms with Gasteiger partial charge in [-0.2, -0.15) is 0 Å². The highest BCUT2D eigenvalue weighted by Gasteiger charge is 2.46. The molecular weight excluding hydrogens is 518 g/mol. The van der Waals surface area contributed by atoms with E-state index in [1.807, 2.05) is 0 Å². The summed E-state index contributed by atoms with van der Waals surface area (Å²) in [5.74, 6) is 0. The normalized spacial score (nSPS) is 14.4. The van der Waals surface area contributed by atoms with Crippen LogP contribution in [0.2, 0.25) is 0 Å². The number of anilines is 3. The maximum absolute atomic E-state index is 2.42. The predicted molar refractivity (Wildman–Crippen MR) is 183 cm³/mol. The monoisotopic (exact) mass is 555 g/mol. The minimum absolute atomic E-state index is 0.0295. The lowest BCUT2D eigenvalue weighted by atomic mass is 9.54. The second-order valence-electron chi connectivity index (χ2n) is 12.7. The number of rotatable bonds is 5. The van der Waals surface area contributed by atoms with E-state index >= 15 is 0 Å². The maximum Gasteiger partial charge on any atom is 0.0467 e. The first-order valence-electron chi connectivity index (χ1n) is 15.2. The van der Waals surface area contributed by atoms with Gasteiger partial charge in [-0.1, -0.05) is 143 Å². The molecule has 0 heterocycles. The fraction of sp³-hybridized carbons (Fsp3) is 0.143. The van der Waals surface area contributed by atoms with Crippen LogP contribution < -0.4 is 4.90 Å². The molecule has 0 unspecified atom stereocenters. The molecule has 1 heteroatoms. The van der Waals surface area contributed by atoms with Crippen molar-refractivity contribution in [3.05, 3.63) is 163 Å². The Hall–Kier alpha value is -4.88. The van der Waals surface area contributed by atoms with Gasteiger partial charge >= 0.3 is 0 Å². The Morgan fingerprint density at radius 1 is 0.372 bits per heavy atom. The molecule has 1 nitrogen and oxygen atoms in total. The van der Waals surface area contributed by atoms with Crippen molar-refractivity contribution in [2.45, 2.75) is 38.5 Å². The zero-order chi connectivity index (χ0) is 29.6. The van der Waals surface area contributed by atoms with Crippen molar-refractivity contribution in [2.24, 2.45) is 0 Å². The van der Waals surface area contributed by atoms with Crippen LogP contribution in [0.3, 0.4) is 0 Å². The van der Waals surface area contributed by atoms with Gasteiger partial charge < -0.3 is 4.90 Å². The largest absolute Gasteiger partial charge is 0.310 e. The molecule has 0 radical (unpaired) electrons. The third kappa shape index (κ3) is 4.48. The van der Waals surface area contributed by atoms with E-state index in [0.717, 1.165) is 17.1 Å². The van der Waals surface area contributed by atoms with Crippen LogP contribution in [0.4, 0.5) is 17.1 Å². The molecule has 1 aliphatic carbocycles. The lowest BCUT2D eigenvalue weighted by Crippen LogP contribution is -2.43. The summed E-state index contributed by atoms with van der Waals surface area (Å²) in [4.78, 5) is 2.37. The summed E-state index contributed by atoms with van der Waals surface area (Å²) in [6, 6.07) is 55.0. The summed E-state index contributed by atoms with van der Waals surface area (Å²) in [5.41, 5.74) is 13.8. The van der Waals surface area contributed by atoms with Crippen LogP contribution in [0, 0.1) is 0 Å². The van der Waals surface area contributed by atoms with E-state index in [0.29, 0.717) is 0 Å². The first-order chi connectivity index (χ1) is 20.9. The van der Waals surface area contributed by atoms with Crippen molar-refractivity contribution < 1.29 is 0 Å². The lowest BCUT2D eigenvalue weighted by Gasteiger charge is -2.49. The second-order valence-corrected chi connectivity index (χ2v) is 12.7. The van der Waals surface area contributed by atoms with Crippen molar-refractivity contribution in [1.82, 2.24) is 0 Å². The van der Waals surface area contributed by atoms with Gasteiger partial charge in [-0.05, 0) is 86.3 Å². The van der Waals surface area contributed by atoms with Gasteiger partial charge in [-0.3, -0.25) is 0 Å². The summed E-state index contributed by atoms with van der Waals surface area (Å²) >= 11 is 0. The van der Waals surface area contributed by atoms with Gasteiger partial charge in [0, 0.05) is 22.5 Å². The van der Waals surface area contributed by atoms with Crippen molar-refractivity contribution in [3.63, 3.8) is 0 Å². The van der Waals surface area contributed by atoms with Crippen LogP contribution in [0.15, 0.2) is 152 Å². The summed E-state index contributed by atoms with van der Waals surface area (Å²) in [6.45, 7) is 9.64. The van der Waals surface area contributed by atoms with Gasteiger partial charge in [0.05, 0.1) is 0 Å². The quantitative estimate of drug-likeness (QED) is 0.204. The van der Waals surface area contributed by atoms with Crippen LogP contribution in [0.1, 0.15) is 38.8 Å². The van der Waals surface area contributed by atoms with Gasteiger partial charge in [-0.15, -0.1) is 0 Å². The molecule has 0 bridgehead atoms. The number of para-hydroxylation sites is 1. The summed E-state index contributed by atoms with van der Waals surface area (Å²) in [6.07, 6.45) is 0. The molecule has 0 amide bonds. The molecule has 7 rings (SSSR count). The fourth-order valence-electron chi connectivity index (χ4n) is 6.89. The van der Waals surface area contributed by atoms with Gasteiger partial charge in [-0.25, -0.2) is 0 Å². The Labute approximate surface area is 256 Å². The molecule has 0 N–H and O–H groups in total. The topological polar surface area (TPSA) is 3.24 Å². The molecule has 0 fully saturated rings. The Morgan fingerprint density at radius 3 is 1.58 bits per heavy atom. The summed E-state index contributed by atoms with van der Waals surface area (Å²) in [7, 11) is 0. The van der Waals surface area contributed by atoms with Crippen molar-refractivity contribution >= 4 is 17.1 Å². The van der Waals surface area contributed by atoms with Gasteiger partial charge in [0.15, 0.2) is 0 Å². The van der Waals surface area contributed by atoms with Gasteiger partial charge in [0.1, 0.15) is 0 Å². The first-order valence-corrected chi connectivity index (χ1v) is 15.2. The second kappa shape index (κ2) is 10.4. The molecule has 0 saturated heterocycles. The third-order valence-electron chi connectivity index (χ3n) is 9.78. The zero-order valence-electron chi connectivity index (χ0n) is 25.4. The van der Waals surface area contributed by atoms with Crippen LogP contribution in [0.5, 0.6) is 0 Å². The lowest BCUT2D eigenvalue weighted by molar-refractivity contribution is 0.300. The number of fused-ring (bicyclic) bond motifs is 3. The fourth-order valence-corrected chi connectivity index (χ4v) is 6.89. The highest BCUT2D eigenvalue weighted by Crippen LogP contribution is 2.56. The Kier molecular flexibility index (Phi) is 6.55. The smallest absolute Gasteiger partial charge is 0.0467 e. The van der Waals surface area contributed by atoms with Crippen molar-refractivity contribution in [2.75, 3.05) is 4.90 Å².